The van der Waals surface area contributed by atoms with Gasteiger partial charge in [-0.05, 0) is 31.2 Å². The minimum atomic E-state index is -0.950. The van der Waals surface area contributed by atoms with Crippen molar-refractivity contribution in [3.05, 3.63) is 35.9 Å². The average Bonchev–Trinajstić information content (AvgIpc) is 2.38. The number of hydrogen-bond acceptors (Lipinski definition) is 3. The summed E-state index contributed by atoms with van der Waals surface area (Å²) in [6, 6.07) is 10.1. The van der Waals surface area contributed by atoms with E-state index in [0.717, 1.165) is 0 Å². The molecule has 0 amide bonds. The summed E-state index contributed by atoms with van der Waals surface area (Å²) in [5.74, 6) is -0.0837. The monoisotopic (exact) mass is 288 g/mol. The zero-order valence-electron chi connectivity index (χ0n) is 13.3. The molecule has 0 unspecified atom stereocenters. The Balaban J connectivity index is 2.22. The smallest absolute Gasteiger partial charge is 0.319 e. The van der Waals surface area contributed by atoms with Gasteiger partial charge in [-0.15, -0.1) is 0 Å². The molecule has 114 valence electrons. The van der Waals surface area contributed by atoms with E-state index in [4.69, 9.17) is 4.74 Å². The van der Waals surface area contributed by atoms with Crippen LogP contribution in [0, 0.1) is 10.8 Å². The van der Waals surface area contributed by atoms with Crippen LogP contribution in [0.25, 0.3) is 0 Å². The molecule has 0 heterocycles. The summed E-state index contributed by atoms with van der Waals surface area (Å²) in [5.41, 5.74) is -0.289. The molecule has 1 aromatic carbocycles. The summed E-state index contributed by atoms with van der Waals surface area (Å²) in [4.78, 5) is 25.1. The van der Waals surface area contributed by atoms with Gasteiger partial charge in [0.05, 0.1) is 6.61 Å². The quantitative estimate of drug-likeness (QED) is 0.626. The standard InChI is InChI=1S/C18H24O3/c1-5-21-16(20)18(15(19)17(2,3)4)11-14(12-18)13-9-7-6-8-10-13/h6-10,14H,5,11-12H2,1-4H3. The molecular weight excluding hydrogens is 264 g/mol. The van der Waals surface area contributed by atoms with Crippen molar-refractivity contribution in [1.29, 1.82) is 0 Å². The second-order valence-electron chi connectivity index (χ2n) is 6.90. The number of carbonyl (C=O) groups excluding carboxylic acids is 2. The lowest BCUT2D eigenvalue weighted by Gasteiger charge is -2.47. The van der Waals surface area contributed by atoms with E-state index < -0.39 is 10.8 Å². The van der Waals surface area contributed by atoms with Crippen LogP contribution in [0.15, 0.2) is 30.3 Å². The van der Waals surface area contributed by atoms with E-state index >= 15 is 0 Å². The molecular formula is C18H24O3. The number of carbonyl (C=O) groups is 2. The lowest BCUT2D eigenvalue weighted by atomic mass is 9.54. The molecule has 0 radical (unpaired) electrons. The lowest BCUT2D eigenvalue weighted by Crippen LogP contribution is -2.53. The minimum absolute atomic E-state index is 0.000584. The summed E-state index contributed by atoms with van der Waals surface area (Å²) in [6.45, 7) is 7.69. The molecule has 0 spiro atoms. The van der Waals surface area contributed by atoms with Gasteiger partial charge >= 0.3 is 5.97 Å². The summed E-state index contributed by atoms with van der Waals surface area (Å²) in [6.07, 6.45) is 1.12. The second-order valence-corrected chi connectivity index (χ2v) is 6.90. The van der Waals surface area contributed by atoms with Crippen LogP contribution >= 0.6 is 0 Å². The highest BCUT2D eigenvalue weighted by molar-refractivity contribution is 6.07. The largest absolute Gasteiger partial charge is 0.465 e. The molecule has 1 fully saturated rings. The van der Waals surface area contributed by atoms with Gasteiger partial charge in [-0.2, -0.15) is 0 Å². The molecule has 0 aliphatic heterocycles. The topological polar surface area (TPSA) is 43.4 Å². The van der Waals surface area contributed by atoms with Crippen LogP contribution in [-0.4, -0.2) is 18.4 Å². The number of hydrogen-bond donors (Lipinski definition) is 0. The molecule has 1 aliphatic carbocycles. The van der Waals surface area contributed by atoms with Gasteiger partial charge < -0.3 is 4.74 Å². The zero-order chi connectivity index (χ0) is 15.7. The van der Waals surface area contributed by atoms with E-state index in [1.165, 1.54) is 5.56 Å². The van der Waals surface area contributed by atoms with Crippen LogP contribution in [0.3, 0.4) is 0 Å². The first-order chi connectivity index (χ1) is 9.81. The Labute approximate surface area is 126 Å². The third-order valence-electron chi connectivity index (χ3n) is 4.24. The fourth-order valence-corrected chi connectivity index (χ4v) is 3.17. The first-order valence-corrected chi connectivity index (χ1v) is 7.58. The lowest BCUT2D eigenvalue weighted by molar-refractivity contribution is -0.171. The third kappa shape index (κ3) is 2.87. The molecule has 0 bridgehead atoms. The number of esters is 1. The molecule has 0 atom stereocenters. The van der Waals surface area contributed by atoms with Crippen molar-refractivity contribution in [3.63, 3.8) is 0 Å². The Hall–Kier alpha value is -1.64. The van der Waals surface area contributed by atoms with Gasteiger partial charge in [0.1, 0.15) is 5.41 Å². The zero-order valence-corrected chi connectivity index (χ0v) is 13.3. The maximum Gasteiger partial charge on any atom is 0.319 e. The predicted octanol–water partition coefficient (Wildman–Crippen LogP) is 3.73. The molecule has 21 heavy (non-hydrogen) atoms. The number of ether oxygens (including phenoxy) is 1. The van der Waals surface area contributed by atoms with Crippen molar-refractivity contribution < 1.29 is 14.3 Å². The van der Waals surface area contributed by atoms with Crippen LogP contribution in [0.4, 0.5) is 0 Å². The van der Waals surface area contributed by atoms with Crippen molar-refractivity contribution in [1.82, 2.24) is 0 Å². The summed E-state index contributed by atoms with van der Waals surface area (Å²) >= 11 is 0. The predicted molar refractivity (Wildman–Crippen MR) is 81.9 cm³/mol. The van der Waals surface area contributed by atoms with Gasteiger partial charge in [0.2, 0.25) is 0 Å². The molecule has 3 nitrogen and oxygen atoms in total. The van der Waals surface area contributed by atoms with Gasteiger partial charge in [0.25, 0.3) is 0 Å². The molecule has 0 saturated heterocycles. The van der Waals surface area contributed by atoms with Crippen molar-refractivity contribution in [2.75, 3.05) is 6.61 Å². The summed E-state index contributed by atoms with van der Waals surface area (Å²) < 4.78 is 5.19. The van der Waals surface area contributed by atoms with Crippen LogP contribution in [0.5, 0.6) is 0 Å². The normalized spacial score (nSPS) is 25.0. The minimum Gasteiger partial charge on any atom is -0.465 e. The highest BCUT2D eigenvalue weighted by Gasteiger charge is 2.59. The van der Waals surface area contributed by atoms with Gasteiger partial charge in [-0.3, -0.25) is 9.59 Å². The van der Waals surface area contributed by atoms with Gasteiger partial charge in [-0.1, -0.05) is 51.1 Å². The van der Waals surface area contributed by atoms with Gasteiger partial charge in [-0.25, -0.2) is 0 Å². The van der Waals surface area contributed by atoms with Crippen molar-refractivity contribution in [2.24, 2.45) is 10.8 Å². The molecule has 2 rings (SSSR count). The summed E-state index contributed by atoms with van der Waals surface area (Å²) in [7, 11) is 0. The SMILES string of the molecule is CCOC(=O)C1(C(=O)C(C)(C)C)CC(c2ccccc2)C1. The Morgan fingerprint density at radius 2 is 1.76 bits per heavy atom. The third-order valence-corrected chi connectivity index (χ3v) is 4.24. The van der Waals surface area contributed by atoms with E-state index in [0.29, 0.717) is 19.4 Å². The number of Topliss-reactive ketones (excluding diaryl/α,β-unsaturated/α-hetero) is 1. The van der Waals surface area contributed by atoms with Crippen molar-refractivity contribution in [3.8, 4) is 0 Å². The van der Waals surface area contributed by atoms with Crippen LogP contribution < -0.4 is 0 Å². The van der Waals surface area contributed by atoms with E-state index in [9.17, 15) is 9.59 Å². The Morgan fingerprint density at radius 3 is 2.24 bits per heavy atom. The first kappa shape index (κ1) is 15.7. The van der Waals surface area contributed by atoms with Crippen LogP contribution in [0.1, 0.15) is 52.0 Å². The fourth-order valence-electron chi connectivity index (χ4n) is 3.17. The van der Waals surface area contributed by atoms with Gasteiger partial charge in [0, 0.05) is 5.41 Å². The molecule has 3 heteroatoms. The summed E-state index contributed by atoms with van der Waals surface area (Å²) in [5, 5.41) is 0. The van der Waals surface area contributed by atoms with Crippen molar-refractivity contribution >= 4 is 11.8 Å². The molecule has 1 aromatic rings. The Bertz CT molecular complexity index is 519. The Kier molecular flexibility index (Phi) is 4.22. The van der Waals surface area contributed by atoms with Crippen LogP contribution in [-0.2, 0) is 14.3 Å². The first-order valence-electron chi connectivity index (χ1n) is 7.58. The maximum atomic E-state index is 12.8. The van der Waals surface area contributed by atoms with E-state index in [-0.39, 0.29) is 17.7 Å². The van der Waals surface area contributed by atoms with Crippen molar-refractivity contribution in [2.45, 2.75) is 46.5 Å². The van der Waals surface area contributed by atoms with E-state index in [1.54, 1.807) is 6.92 Å². The highest BCUT2D eigenvalue weighted by atomic mass is 16.5. The van der Waals surface area contributed by atoms with E-state index in [2.05, 4.69) is 12.1 Å². The maximum absolute atomic E-state index is 12.8. The molecule has 0 N–H and O–H groups in total. The fraction of sp³-hybridized carbons (Fsp3) is 0.556. The average molecular weight is 288 g/mol. The highest BCUT2D eigenvalue weighted by Crippen LogP contribution is 2.54. The number of ketones is 1. The number of benzene rings is 1. The Morgan fingerprint density at radius 1 is 1.19 bits per heavy atom. The molecule has 1 aliphatic rings. The molecule has 0 aromatic heterocycles. The molecule has 1 saturated carbocycles. The van der Waals surface area contributed by atoms with Crippen LogP contribution in [0.2, 0.25) is 0 Å². The van der Waals surface area contributed by atoms with E-state index in [1.807, 2.05) is 39.0 Å². The number of rotatable bonds is 4. The van der Waals surface area contributed by atoms with Gasteiger partial charge in [0.15, 0.2) is 5.78 Å². The second kappa shape index (κ2) is 5.63.